The van der Waals surface area contributed by atoms with E-state index in [0.717, 1.165) is 12.0 Å². The predicted octanol–water partition coefficient (Wildman–Crippen LogP) is 1.84. The molecule has 2 N–H and O–H groups in total. The number of hydrogen-bond acceptors (Lipinski definition) is 3. The van der Waals surface area contributed by atoms with Crippen molar-refractivity contribution in [1.29, 1.82) is 0 Å². The molecular weight excluding hydrogens is 222 g/mol. The molecule has 2 aliphatic heterocycles. The summed E-state index contributed by atoms with van der Waals surface area (Å²) in [6.45, 7) is 13.2. The SMILES string of the molecule is CC(C)(C)N1CCC(NCC2CCNCC2)CC1. The van der Waals surface area contributed by atoms with Crippen molar-refractivity contribution in [3.8, 4) is 0 Å². The highest BCUT2D eigenvalue weighted by Crippen LogP contribution is 2.20. The van der Waals surface area contributed by atoms with Gasteiger partial charge in [-0.1, -0.05) is 0 Å². The van der Waals surface area contributed by atoms with Crippen molar-refractivity contribution < 1.29 is 0 Å². The highest BCUT2D eigenvalue weighted by Gasteiger charge is 2.27. The van der Waals surface area contributed by atoms with E-state index in [1.165, 1.54) is 58.4 Å². The van der Waals surface area contributed by atoms with Gasteiger partial charge in [0.2, 0.25) is 0 Å². The van der Waals surface area contributed by atoms with Crippen molar-refractivity contribution >= 4 is 0 Å². The minimum atomic E-state index is 0.347. The molecule has 2 heterocycles. The molecule has 2 rings (SSSR count). The van der Waals surface area contributed by atoms with Crippen LogP contribution in [0.25, 0.3) is 0 Å². The fourth-order valence-corrected chi connectivity index (χ4v) is 3.17. The molecule has 0 atom stereocenters. The molecule has 0 bridgehead atoms. The Labute approximate surface area is 113 Å². The minimum Gasteiger partial charge on any atom is -0.317 e. The fourth-order valence-electron chi connectivity index (χ4n) is 3.17. The zero-order valence-corrected chi connectivity index (χ0v) is 12.5. The summed E-state index contributed by atoms with van der Waals surface area (Å²) >= 11 is 0. The molecule has 3 nitrogen and oxygen atoms in total. The van der Waals surface area contributed by atoms with Gasteiger partial charge in [-0.15, -0.1) is 0 Å². The molecule has 3 heteroatoms. The third kappa shape index (κ3) is 4.22. The summed E-state index contributed by atoms with van der Waals surface area (Å²) in [5, 5.41) is 7.25. The normalized spacial score (nSPS) is 25.5. The summed E-state index contributed by atoms with van der Waals surface area (Å²) in [4.78, 5) is 2.62. The first-order valence-corrected chi connectivity index (χ1v) is 7.75. The van der Waals surface area contributed by atoms with Crippen LogP contribution in [-0.2, 0) is 0 Å². The fraction of sp³-hybridized carbons (Fsp3) is 1.00. The van der Waals surface area contributed by atoms with Gasteiger partial charge >= 0.3 is 0 Å². The van der Waals surface area contributed by atoms with Gasteiger partial charge in [-0.3, -0.25) is 4.90 Å². The molecular formula is C15H31N3. The maximum Gasteiger partial charge on any atom is 0.0125 e. The van der Waals surface area contributed by atoms with Gasteiger partial charge in [0.05, 0.1) is 0 Å². The number of hydrogen-bond donors (Lipinski definition) is 2. The predicted molar refractivity (Wildman–Crippen MR) is 77.9 cm³/mol. The van der Waals surface area contributed by atoms with E-state index in [0.29, 0.717) is 5.54 Å². The minimum absolute atomic E-state index is 0.347. The van der Waals surface area contributed by atoms with Crippen LogP contribution in [0.5, 0.6) is 0 Å². The molecule has 0 unspecified atom stereocenters. The summed E-state index contributed by atoms with van der Waals surface area (Å²) in [5.74, 6) is 0.909. The highest BCUT2D eigenvalue weighted by atomic mass is 15.2. The highest BCUT2D eigenvalue weighted by molar-refractivity contribution is 4.85. The van der Waals surface area contributed by atoms with Crippen molar-refractivity contribution in [2.24, 2.45) is 5.92 Å². The maximum atomic E-state index is 3.81. The molecule has 0 aromatic heterocycles. The average molecular weight is 253 g/mol. The average Bonchev–Trinajstić information content (AvgIpc) is 2.37. The zero-order chi connectivity index (χ0) is 13.0. The lowest BCUT2D eigenvalue weighted by atomic mass is 9.95. The van der Waals surface area contributed by atoms with E-state index in [-0.39, 0.29) is 0 Å². The molecule has 2 fully saturated rings. The first-order valence-electron chi connectivity index (χ1n) is 7.75. The van der Waals surface area contributed by atoms with Gasteiger partial charge in [-0.2, -0.15) is 0 Å². The van der Waals surface area contributed by atoms with Crippen molar-refractivity contribution in [3.05, 3.63) is 0 Å². The molecule has 0 aromatic rings. The molecule has 0 spiro atoms. The van der Waals surface area contributed by atoms with Gasteiger partial charge in [0.15, 0.2) is 0 Å². The van der Waals surface area contributed by atoms with Gasteiger partial charge in [0.1, 0.15) is 0 Å². The Morgan fingerprint density at radius 3 is 2.22 bits per heavy atom. The molecule has 0 amide bonds. The van der Waals surface area contributed by atoms with Gasteiger partial charge < -0.3 is 10.6 Å². The Hall–Kier alpha value is -0.120. The number of nitrogens with one attached hydrogen (secondary N) is 2. The standard InChI is InChI=1S/C15H31N3/c1-15(2,3)18-10-6-14(7-11-18)17-12-13-4-8-16-9-5-13/h13-14,16-17H,4-12H2,1-3H3. The van der Waals surface area contributed by atoms with E-state index in [1.807, 2.05) is 0 Å². The van der Waals surface area contributed by atoms with E-state index < -0.39 is 0 Å². The summed E-state index contributed by atoms with van der Waals surface area (Å²) in [6, 6.07) is 0.762. The second kappa shape index (κ2) is 6.36. The second-order valence-corrected chi connectivity index (χ2v) is 7.03. The first kappa shape index (κ1) is 14.3. The maximum absolute atomic E-state index is 3.81. The van der Waals surface area contributed by atoms with E-state index in [4.69, 9.17) is 0 Å². The molecule has 0 aliphatic carbocycles. The van der Waals surface area contributed by atoms with Crippen LogP contribution in [0, 0.1) is 5.92 Å². The molecule has 2 aliphatic rings. The van der Waals surface area contributed by atoms with Crippen molar-refractivity contribution in [1.82, 2.24) is 15.5 Å². The van der Waals surface area contributed by atoms with Gasteiger partial charge in [-0.05, 0) is 72.0 Å². The zero-order valence-electron chi connectivity index (χ0n) is 12.5. The Kier molecular flexibility index (Phi) is 5.05. The van der Waals surface area contributed by atoms with Gasteiger partial charge in [0, 0.05) is 24.7 Å². The Morgan fingerprint density at radius 1 is 1.06 bits per heavy atom. The van der Waals surface area contributed by atoms with Crippen LogP contribution in [0.15, 0.2) is 0 Å². The van der Waals surface area contributed by atoms with Gasteiger partial charge in [0.25, 0.3) is 0 Å². The molecule has 2 saturated heterocycles. The first-order chi connectivity index (χ1) is 8.55. The van der Waals surface area contributed by atoms with Crippen LogP contribution >= 0.6 is 0 Å². The summed E-state index contributed by atoms with van der Waals surface area (Å²) in [6.07, 6.45) is 5.35. The molecule has 106 valence electrons. The summed E-state index contributed by atoms with van der Waals surface area (Å²) < 4.78 is 0. The molecule has 0 saturated carbocycles. The van der Waals surface area contributed by atoms with E-state index in [9.17, 15) is 0 Å². The molecule has 0 aromatic carbocycles. The van der Waals surface area contributed by atoms with Crippen molar-refractivity contribution in [2.75, 3.05) is 32.7 Å². The van der Waals surface area contributed by atoms with Crippen LogP contribution in [0.2, 0.25) is 0 Å². The number of piperidine rings is 2. The van der Waals surface area contributed by atoms with E-state index >= 15 is 0 Å². The number of nitrogens with zero attached hydrogens (tertiary/aromatic N) is 1. The smallest absolute Gasteiger partial charge is 0.0125 e. The molecule has 18 heavy (non-hydrogen) atoms. The van der Waals surface area contributed by atoms with Crippen LogP contribution < -0.4 is 10.6 Å². The lowest BCUT2D eigenvalue weighted by Crippen LogP contribution is -2.50. The molecule has 0 radical (unpaired) electrons. The summed E-state index contributed by atoms with van der Waals surface area (Å²) in [7, 11) is 0. The van der Waals surface area contributed by atoms with Crippen LogP contribution in [0.4, 0.5) is 0 Å². The van der Waals surface area contributed by atoms with Crippen LogP contribution in [-0.4, -0.2) is 49.2 Å². The van der Waals surface area contributed by atoms with Crippen LogP contribution in [0.1, 0.15) is 46.5 Å². The van der Waals surface area contributed by atoms with Gasteiger partial charge in [-0.25, -0.2) is 0 Å². The largest absolute Gasteiger partial charge is 0.317 e. The van der Waals surface area contributed by atoms with E-state index in [2.05, 4.69) is 36.3 Å². The lowest BCUT2D eigenvalue weighted by molar-refractivity contribution is 0.0950. The lowest BCUT2D eigenvalue weighted by Gasteiger charge is -2.41. The number of likely N-dealkylation sites (tertiary alicyclic amines) is 1. The topological polar surface area (TPSA) is 27.3 Å². The van der Waals surface area contributed by atoms with Crippen molar-refractivity contribution in [3.63, 3.8) is 0 Å². The van der Waals surface area contributed by atoms with Crippen molar-refractivity contribution in [2.45, 2.75) is 58.0 Å². The summed E-state index contributed by atoms with van der Waals surface area (Å²) in [5.41, 5.74) is 0.347. The Bertz CT molecular complexity index is 233. The Morgan fingerprint density at radius 2 is 1.67 bits per heavy atom. The van der Waals surface area contributed by atoms with E-state index in [1.54, 1.807) is 0 Å². The quantitative estimate of drug-likeness (QED) is 0.804. The second-order valence-electron chi connectivity index (χ2n) is 7.03. The number of rotatable bonds is 3. The third-order valence-corrected chi connectivity index (χ3v) is 4.60. The third-order valence-electron chi connectivity index (χ3n) is 4.60. The monoisotopic (exact) mass is 253 g/mol. The Balaban J connectivity index is 1.64. The van der Waals surface area contributed by atoms with Crippen LogP contribution in [0.3, 0.4) is 0 Å².